The number of hydrogen-bond acceptors (Lipinski definition) is 3. The molecular weight excluding hydrogens is 255 g/mol. The predicted octanol–water partition coefficient (Wildman–Crippen LogP) is 2.14. The Morgan fingerprint density at radius 2 is 1.83 bits per heavy atom. The largest absolute Gasteiger partial charge is 0.385 e. The maximum absolute atomic E-state index is 11.9. The van der Waals surface area contributed by atoms with Crippen LogP contribution >= 0.6 is 0 Å². The Labute approximate surface area is 108 Å². The molecule has 0 aromatic heterocycles. The molecule has 0 heterocycles. The summed E-state index contributed by atoms with van der Waals surface area (Å²) in [6.45, 7) is 3.71. The number of rotatable bonds is 7. The highest BCUT2D eigenvalue weighted by molar-refractivity contribution is 7.89. The van der Waals surface area contributed by atoms with Crippen LogP contribution in [0.15, 0.2) is 29.2 Å². The monoisotopic (exact) mass is 274 g/mol. The minimum absolute atomic E-state index is 0.141. The lowest BCUT2D eigenvalue weighted by molar-refractivity contribution is 0.481. The van der Waals surface area contributed by atoms with Gasteiger partial charge in [-0.15, -0.1) is 0 Å². The molecule has 0 spiro atoms. The summed E-state index contributed by atoms with van der Waals surface area (Å²) < 4.78 is 38.1. The van der Waals surface area contributed by atoms with Crippen LogP contribution in [0.4, 0.5) is 10.1 Å². The Balaban J connectivity index is 2.70. The van der Waals surface area contributed by atoms with Crippen LogP contribution in [0.25, 0.3) is 0 Å². The van der Waals surface area contributed by atoms with Crippen molar-refractivity contribution in [3.63, 3.8) is 0 Å². The molecule has 0 radical (unpaired) electrons. The van der Waals surface area contributed by atoms with Gasteiger partial charge in [0.15, 0.2) is 0 Å². The molecule has 0 amide bonds. The van der Waals surface area contributed by atoms with Crippen LogP contribution in [0.1, 0.15) is 20.3 Å². The minimum Gasteiger partial charge on any atom is -0.385 e. The van der Waals surface area contributed by atoms with E-state index in [0.29, 0.717) is 13.0 Å². The Kier molecular flexibility index (Phi) is 5.55. The Bertz CT molecular complexity index is 457. The Morgan fingerprint density at radius 3 is 2.33 bits per heavy atom. The number of anilines is 1. The fraction of sp³-hybridized carbons (Fsp3) is 0.500. The number of sulfonamides is 1. The van der Waals surface area contributed by atoms with Gasteiger partial charge in [-0.3, -0.25) is 4.39 Å². The molecule has 0 fully saturated rings. The van der Waals surface area contributed by atoms with Crippen LogP contribution in [0, 0.1) is 0 Å². The Morgan fingerprint density at radius 1 is 1.22 bits per heavy atom. The third kappa shape index (κ3) is 4.62. The van der Waals surface area contributed by atoms with E-state index in [2.05, 4.69) is 10.0 Å². The molecule has 0 aliphatic carbocycles. The van der Waals surface area contributed by atoms with E-state index >= 15 is 0 Å². The number of alkyl halides is 1. The van der Waals surface area contributed by atoms with Gasteiger partial charge < -0.3 is 5.32 Å². The van der Waals surface area contributed by atoms with Crippen LogP contribution in [0.2, 0.25) is 0 Å². The number of benzene rings is 1. The lowest BCUT2D eigenvalue weighted by Crippen LogP contribution is -2.30. The first-order valence-corrected chi connectivity index (χ1v) is 7.36. The van der Waals surface area contributed by atoms with Crippen molar-refractivity contribution in [3.05, 3.63) is 24.3 Å². The van der Waals surface area contributed by atoms with Gasteiger partial charge in [-0.1, -0.05) is 0 Å². The first-order chi connectivity index (χ1) is 8.45. The second kappa shape index (κ2) is 6.70. The number of halogens is 1. The molecule has 2 N–H and O–H groups in total. The van der Waals surface area contributed by atoms with E-state index in [-0.39, 0.29) is 17.6 Å². The summed E-state index contributed by atoms with van der Waals surface area (Å²) in [6.07, 6.45) is 0.439. The highest BCUT2D eigenvalue weighted by Crippen LogP contribution is 2.14. The molecule has 4 nitrogen and oxygen atoms in total. The van der Waals surface area contributed by atoms with Crippen molar-refractivity contribution in [3.8, 4) is 0 Å². The van der Waals surface area contributed by atoms with Crippen molar-refractivity contribution in [2.24, 2.45) is 0 Å². The summed E-state index contributed by atoms with van der Waals surface area (Å²) >= 11 is 0. The van der Waals surface area contributed by atoms with Crippen LogP contribution < -0.4 is 10.0 Å². The van der Waals surface area contributed by atoms with E-state index in [1.165, 1.54) is 12.1 Å². The zero-order valence-electron chi connectivity index (χ0n) is 10.6. The van der Waals surface area contributed by atoms with Gasteiger partial charge >= 0.3 is 0 Å². The van der Waals surface area contributed by atoms with Crippen molar-refractivity contribution >= 4 is 15.7 Å². The molecular formula is C12H19FN2O2S. The lowest BCUT2D eigenvalue weighted by Gasteiger charge is -2.10. The maximum Gasteiger partial charge on any atom is 0.240 e. The molecule has 102 valence electrons. The molecule has 1 aromatic rings. The molecule has 18 heavy (non-hydrogen) atoms. The van der Waals surface area contributed by atoms with Crippen LogP contribution in [-0.2, 0) is 10.0 Å². The van der Waals surface area contributed by atoms with Gasteiger partial charge in [0.25, 0.3) is 0 Å². The zero-order chi connectivity index (χ0) is 13.6. The normalized spacial score (nSPS) is 11.8. The highest BCUT2D eigenvalue weighted by atomic mass is 32.2. The molecule has 0 bridgehead atoms. The topological polar surface area (TPSA) is 58.2 Å². The zero-order valence-corrected chi connectivity index (χ0v) is 11.4. The first kappa shape index (κ1) is 14.9. The number of hydrogen-bond donors (Lipinski definition) is 2. The average Bonchev–Trinajstić information content (AvgIpc) is 2.28. The van der Waals surface area contributed by atoms with Crippen molar-refractivity contribution in [2.45, 2.75) is 31.2 Å². The van der Waals surface area contributed by atoms with Crippen molar-refractivity contribution in [1.29, 1.82) is 0 Å². The van der Waals surface area contributed by atoms with Gasteiger partial charge in [-0.2, -0.15) is 0 Å². The minimum atomic E-state index is -3.44. The summed E-state index contributed by atoms with van der Waals surface area (Å²) in [6, 6.07) is 6.27. The summed E-state index contributed by atoms with van der Waals surface area (Å²) in [5.74, 6) is 0. The van der Waals surface area contributed by atoms with Crippen LogP contribution in [0.3, 0.4) is 0 Å². The van der Waals surface area contributed by atoms with Crippen LogP contribution in [-0.4, -0.2) is 27.7 Å². The van der Waals surface area contributed by atoms with E-state index < -0.39 is 10.0 Å². The van der Waals surface area contributed by atoms with Gasteiger partial charge in [-0.25, -0.2) is 13.1 Å². The van der Waals surface area contributed by atoms with Gasteiger partial charge in [-0.05, 0) is 44.5 Å². The van der Waals surface area contributed by atoms with E-state index in [9.17, 15) is 12.8 Å². The predicted molar refractivity (Wildman–Crippen MR) is 71.0 cm³/mol. The number of nitrogens with one attached hydrogen (secondary N) is 2. The van der Waals surface area contributed by atoms with Gasteiger partial charge in [0, 0.05) is 18.3 Å². The summed E-state index contributed by atoms with van der Waals surface area (Å²) in [5, 5.41) is 3.01. The average molecular weight is 274 g/mol. The second-order valence-corrected chi connectivity index (χ2v) is 5.98. The summed E-state index contributed by atoms with van der Waals surface area (Å²) in [7, 11) is -3.44. The van der Waals surface area contributed by atoms with Crippen molar-refractivity contribution < 1.29 is 12.8 Å². The van der Waals surface area contributed by atoms with Crippen LogP contribution in [0.5, 0.6) is 0 Å². The first-order valence-electron chi connectivity index (χ1n) is 5.88. The van der Waals surface area contributed by atoms with E-state index in [1.54, 1.807) is 26.0 Å². The van der Waals surface area contributed by atoms with Gasteiger partial charge in [0.2, 0.25) is 10.0 Å². The maximum atomic E-state index is 11.9. The fourth-order valence-corrected chi connectivity index (χ4v) is 2.68. The Hall–Kier alpha value is -1.14. The molecule has 1 rings (SSSR count). The molecule has 0 unspecified atom stereocenters. The van der Waals surface area contributed by atoms with E-state index in [0.717, 1.165) is 5.69 Å². The van der Waals surface area contributed by atoms with Crippen molar-refractivity contribution in [1.82, 2.24) is 4.72 Å². The third-order valence-electron chi connectivity index (χ3n) is 2.20. The van der Waals surface area contributed by atoms with Gasteiger partial charge in [0.05, 0.1) is 11.6 Å². The lowest BCUT2D eigenvalue weighted by atomic mass is 10.3. The third-order valence-corrected chi connectivity index (χ3v) is 3.87. The standard InChI is InChI=1S/C12H19FN2O2S/c1-10(2)15-18(16,17)12-6-4-11(5-7-12)14-9-3-8-13/h4-7,10,14-15H,3,8-9H2,1-2H3. The van der Waals surface area contributed by atoms with Crippen molar-refractivity contribution in [2.75, 3.05) is 18.5 Å². The SMILES string of the molecule is CC(C)NS(=O)(=O)c1ccc(NCCCF)cc1. The second-order valence-electron chi connectivity index (χ2n) is 4.27. The molecule has 0 atom stereocenters. The molecule has 1 aromatic carbocycles. The molecule has 0 aliphatic rings. The quantitative estimate of drug-likeness (QED) is 0.749. The van der Waals surface area contributed by atoms with E-state index in [4.69, 9.17) is 0 Å². The molecule has 0 aliphatic heterocycles. The molecule has 6 heteroatoms. The smallest absolute Gasteiger partial charge is 0.240 e. The fourth-order valence-electron chi connectivity index (χ4n) is 1.43. The highest BCUT2D eigenvalue weighted by Gasteiger charge is 2.14. The summed E-state index contributed by atoms with van der Waals surface area (Å²) in [5.41, 5.74) is 0.784. The van der Waals surface area contributed by atoms with Gasteiger partial charge in [0.1, 0.15) is 0 Å². The van der Waals surface area contributed by atoms with E-state index in [1.807, 2.05) is 0 Å². The summed E-state index contributed by atoms with van der Waals surface area (Å²) in [4.78, 5) is 0.229. The molecule has 0 saturated heterocycles. The molecule has 0 saturated carbocycles.